The van der Waals surface area contributed by atoms with E-state index in [1.54, 1.807) is 0 Å². The second-order valence-electron chi connectivity index (χ2n) is 3.69. The SMILES string of the molecule is C#CCCCC(CCCOCC)NCC. The molecule has 0 bridgehead atoms. The first-order valence-electron chi connectivity index (χ1n) is 6.09. The molecule has 1 unspecified atom stereocenters. The van der Waals surface area contributed by atoms with Gasteiger partial charge in [-0.1, -0.05) is 6.92 Å². The summed E-state index contributed by atoms with van der Waals surface area (Å²) in [6.07, 6.45) is 10.8. The van der Waals surface area contributed by atoms with Crippen LogP contribution in [0.1, 0.15) is 46.0 Å². The Hall–Kier alpha value is -0.520. The van der Waals surface area contributed by atoms with Crippen molar-refractivity contribution in [1.82, 2.24) is 5.32 Å². The van der Waals surface area contributed by atoms with Crippen LogP contribution in [0.4, 0.5) is 0 Å². The van der Waals surface area contributed by atoms with Gasteiger partial charge in [0.2, 0.25) is 0 Å². The van der Waals surface area contributed by atoms with Crippen molar-refractivity contribution in [1.29, 1.82) is 0 Å². The number of rotatable bonds is 10. The van der Waals surface area contributed by atoms with Gasteiger partial charge < -0.3 is 10.1 Å². The van der Waals surface area contributed by atoms with Gasteiger partial charge in [-0.3, -0.25) is 0 Å². The zero-order valence-electron chi connectivity index (χ0n) is 10.2. The van der Waals surface area contributed by atoms with Gasteiger partial charge >= 0.3 is 0 Å². The molecule has 0 amide bonds. The molecule has 0 spiro atoms. The molecular formula is C13H25NO. The summed E-state index contributed by atoms with van der Waals surface area (Å²) in [6, 6.07) is 0.615. The minimum Gasteiger partial charge on any atom is -0.382 e. The molecule has 2 heteroatoms. The Balaban J connectivity index is 3.49. The lowest BCUT2D eigenvalue weighted by atomic mass is 10.0. The summed E-state index contributed by atoms with van der Waals surface area (Å²) in [7, 11) is 0. The third-order valence-corrected chi connectivity index (χ3v) is 2.41. The maximum Gasteiger partial charge on any atom is 0.0466 e. The molecule has 0 heterocycles. The fourth-order valence-electron chi connectivity index (χ4n) is 1.66. The maximum atomic E-state index is 5.33. The lowest BCUT2D eigenvalue weighted by Gasteiger charge is -2.17. The van der Waals surface area contributed by atoms with Gasteiger partial charge in [0.15, 0.2) is 0 Å². The third kappa shape index (κ3) is 9.78. The van der Waals surface area contributed by atoms with E-state index in [4.69, 9.17) is 11.2 Å². The number of hydrogen-bond acceptors (Lipinski definition) is 2. The highest BCUT2D eigenvalue weighted by atomic mass is 16.5. The number of unbranched alkanes of at least 4 members (excludes halogenated alkanes) is 1. The van der Waals surface area contributed by atoms with Crippen LogP contribution in [-0.2, 0) is 4.74 Å². The second kappa shape index (κ2) is 11.6. The van der Waals surface area contributed by atoms with E-state index in [0.29, 0.717) is 6.04 Å². The first kappa shape index (κ1) is 14.5. The Labute approximate surface area is 94.8 Å². The van der Waals surface area contributed by atoms with E-state index in [0.717, 1.165) is 39.0 Å². The number of ether oxygens (including phenoxy) is 1. The van der Waals surface area contributed by atoms with Crippen LogP contribution in [0.5, 0.6) is 0 Å². The van der Waals surface area contributed by atoms with Gasteiger partial charge in [0.05, 0.1) is 0 Å². The minimum atomic E-state index is 0.615. The van der Waals surface area contributed by atoms with Crippen LogP contribution in [0.25, 0.3) is 0 Å². The van der Waals surface area contributed by atoms with Gasteiger partial charge in [-0.2, -0.15) is 0 Å². The van der Waals surface area contributed by atoms with E-state index >= 15 is 0 Å². The lowest BCUT2D eigenvalue weighted by molar-refractivity contribution is 0.140. The van der Waals surface area contributed by atoms with E-state index in [1.165, 1.54) is 12.8 Å². The van der Waals surface area contributed by atoms with Crippen molar-refractivity contribution < 1.29 is 4.74 Å². The molecule has 0 aliphatic heterocycles. The topological polar surface area (TPSA) is 21.3 Å². The fraction of sp³-hybridized carbons (Fsp3) is 0.846. The largest absolute Gasteiger partial charge is 0.382 e. The van der Waals surface area contributed by atoms with Gasteiger partial charge in [0.1, 0.15) is 0 Å². The van der Waals surface area contributed by atoms with Crippen LogP contribution < -0.4 is 5.32 Å². The van der Waals surface area contributed by atoms with E-state index in [1.807, 2.05) is 6.92 Å². The number of hydrogen-bond donors (Lipinski definition) is 1. The monoisotopic (exact) mass is 211 g/mol. The number of terminal acetylenes is 1. The quantitative estimate of drug-likeness (QED) is 0.443. The molecule has 0 aromatic rings. The Morgan fingerprint density at radius 1 is 1.27 bits per heavy atom. The average Bonchev–Trinajstić information content (AvgIpc) is 2.24. The molecule has 0 aromatic heterocycles. The van der Waals surface area contributed by atoms with E-state index < -0.39 is 0 Å². The van der Waals surface area contributed by atoms with Gasteiger partial charge in [0.25, 0.3) is 0 Å². The highest BCUT2D eigenvalue weighted by molar-refractivity contribution is 4.83. The van der Waals surface area contributed by atoms with Crippen molar-refractivity contribution >= 4 is 0 Å². The molecule has 15 heavy (non-hydrogen) atoms. The molecule has 1 atom stereocenters. The smallest absolute Gasteiger partial charge is 0.0466 e. The molecule has 0 saturated carbocycles. The predicted octanol–water partition coefficient (Wildman–Crippen LogP) is 2.58. The standard InChI is InChI=1S/C13H25NO/c1-4-7-8-10-13(14-5-2)11-9-12-15-6-3/h1,13-14H,5-12H2,2-3H3. The van der Waals surface area contributed by atoms with Gasteiger partial charge in [-0.15, -0.1) is 12.3 Å². The van der Waals surface area contributed by atoms with E-state index in [9.17, 15) is 0 Å². The normalized spacial score (nSPS) is 12.3. The summed E-state index contributed by atoms with van der Waals surface area (Å²) >= 11 is 0. The molecule has 88 valence electrons. The molecule has 2 nitrogen and oxygen atoms in total. The Morgan fingerprint density at radius 3 is 2.60 bits per heavy atom. The molecule has 0 aliphatic carbocycles. The van der Waals surface area contributed by atoms with Crippen molar-refractivity contribution in [3.63, 3.8) is 0 Å². The minimum absolute atomic E-state index is 0.615. The first-order chi connectivity index (χ1) is 7.35. The van der Waals surface area contributed by atoms with E-state index in [2.05, 4.69) is 18.2 Å². The van der Waals surface area contributed by atoms with Crippen LogP contribution in [0.15, 0.2) is 0 Å². The molecule has 0 aromatic carbocycles. The van der Waals surface area contributed by atoms with E-state index in [-0.39, 0.29) is 0 Å². The lowest BCUT2D eigenvalue weighted by Crippen LogP contribution is -2.29. The second-order valence-corrected chi connectivity index (χ2v) is 3.69. The van der Waals surface area contributed by atoms with Crippen molar-refractivity contribution in [3.05, 3.63) is 0 Å². The summed E-state index contributed by atoms with van der Waals surface area (Å²) in [6.45, 7) is 6.93. The average molecular weight is 211 g/mol. The molecule has 0 rings (SSSR count). The summed E-state index contributed by atoms with van der Waals surface area (Å²) in [4.78, 5) is 0. The van der Waals surface area contributed by atoms with Crippen molar-refractivity contribution in [2.45, 2.75) is 52.0 Å². The zero-order chi connectivity index (χ0) is 11.4. The van der Waals surface area contributed by atoms with Crippen LogP contribution in [0.3, 0.4) is 0 Å². The Morgan fingerprint density at radius 2 is 2.00 bits per heavy atom. The van der Waals surface area contributed by atoms with Crippen molar-refractivity contribution in [2.24, 2.45) is 0 Å². The highest BCUT2D eigenvalue weighted by Gasteiger charge is 2.05. The van der Waals surface area contributed by atoms with Gasteiger partial charge in [-0.05, 0) is 39.2 Å². The summed E-state index contributed by atoms with van der Waals surface area (Å²) in [5.41, 5.74) is 0. The molecule has 0 aliphatic rings. The Kier molecular flexibility index (Phi) is 11.2. The van der Waals surface area contributed by atoms with Gasteiger partial charge in [-0.25, -0.2) is 0 Å². The summed E-state index contributed by atoms with van der Waals surface area (Å²) < 4.78 is 5.33. The van der Waals surface area contributed by atoms with Crippen molar-refractivity contribution in [3.8, 4) is 12.3 Å². The predicted molar refractivity (Wildman–Crippen MR) is 65.9 cm³/mol. The fourth-order valence-corrected chi connectivity index (χ4v) is 1.66. The highest BCUT2D eigenvalue weighted by Crippen LogP contribution is 2.07. The maximum absolute atomic E-state index is 5.33. The number of nitrogens with one attached hydrogen (secondary N) is 1. The van der Waals surface area contributed by atoms with Crippen LogP contribution in [0.2, 0.25) is 0 Å². The van der Waals surface area contributed by atoms with Gasteiger partial charge in [0, 0.05) is 25.7 Å². The summed E-state index contributed by atoms with van der Waals surface area (Å²) in [5.74, 6) is 2.69. The summed E-state index contributed by atoms with van der Waals surface area (Å²) in [5, 5.41) is 3.49. The third-order valence-electron chi connectivity index (χ3n) is 2.41. The molecule has 0 radical (unpaired) electrons. The zero-order valence-corrected chi connectivity index (χ0v) is 10.2. The van der Waals surface area contributed by atoms with Crippen molar-refractivity contribution in [2.75, 3.05) is 19.8 Å². The molecular weight excluding hydrogens is 186 g/mol. The van der Waals surface area contributed by atoms with Crippen LogP contribution >= 0.6 is 0 Å². The molecule has 1 N–H and O–H groups in total. The van der Waals surface area contributed by atoms with Crippen LogP contribution in [0, 0.1) is 12.3 Å². The first-order valence-corrected chi connectivity index (χ1v) is 6.09. The van der Waals surface area contributed by atoms with Crippen LogP contribution in [-0.4, -0.2) is 25.8 Å². The molecule has 0 fully saturated rings. The molecule has 0 saturated heterocycles. The Bertz CT molecular complexity index is 162.